The molecule has 0 aromatic carbocycles. The smallest absolute Gasteiger partial charge is 0.408 e. The molecule has 0 atom stereocenters. The number of hydrogen-bond acceptors (Lipinski definition) is 3. The summed E-state index contributed by atoms with van der Waals surface area (Å²) < 4.78 is 5.19. The lowest BCUT2D eigenvalue weighted by Gasteiger charge is -2.28. The highest BCUT2D eigenvalue weighted by molar-refractivity contribution is 5.68. The van der Waals surface area contributed by atoms with Crippen LogP contribution in [-0.2, 0) is 4.74 Å². The first kappa shape index (κ1) is 16.0. The van der Waals surface area contributed by atoms with Crippen LogP contribution in [0.5, 0.6) is 0 Å². The van der Waals surface area contributed by atoms with Gasteiger partial charge in [0.05, 0.1) is 6.61 Å². The number of amides is 1. The van der Waals surface area contributed by atoms with Crippen LogP contribution in [0.3, 0.4) is 0 Å². The Labute approximate surface area is 104 Å². The first-order valence-corrected chi connectivity index (χ1v) is 5.93. The molecular weight excluding hydrogens is 218 g/mol. The van der Waals surface area contributed by atoms with Gasteiger partial charge in [0.15, 0.2) is 0 Å². The number of aliphatic hydroxyl groups excluding tert-OH is 1. The number of hydrogen-bond donors (Lipinski definition) is 2. The van der Waals surface area contributed by atoms with E-state index in [-0.39, 0.29) is 12.1 Å². The van der Waals surface area contributed by atoms with E-state index in [1.165, 1.54) is 0 Å². The van der Waals surface area contributed by atoms with Gasteiger partial charge in [-0.2, -0.15) is 0 Å². The second kappa shape index (κ2) is 6.64. The number of allylic oxidation sites excluding steroid dienone is 1. The van der Waals surface area contributed by atoms with E-state index in [0.29, 0.717) is 0 Å². The van der Waals surface area contributed by atoms with E-state index in [4.69, 9.17) is 9.84 Å². The Balaban J connectivity index is 4.07. The van der Waals surface area contributed by atoms with E-state index in [2.05, 4.69) is 5.32 Å². The molecule has 0 spiro atoms. The van der Waals surface area contributed by atoms with Crippen LogP contribution in [0.4, 0.5) is 4.79 Å². The van der Waals surface area contributed by atoms with E-state index < -0.39 is 11.7 Å². The van der Waals surface area contributed by atoms with Crippen molar-refractivity contribution in [2.45, 2.75) is 58.6 Å². The predicted octanol–water partition coefficient (Wildman–Crippen LogP) is 2.62. The Morgan fingerprint density at radius 1 is 1.24 bits per heavy atom. The van der Waals surface area contributed by atoms with Crippen LogP contribution in [0.15, 0.2) is 12.2 Å². The van der Waals surface area contributed by atoms with Gasteiger partial charge in [0.2, 0.25) is 0 Å². The standard InChI is InChI=1S/C13H25NO3/c1-12(2,3)17-11(16)14-13(4,5)9-7-6-8-10-15/h6,8,15H,7,9-10H2,1-5H3,(H,14,16)/b8-6+. The van der Waals surface area contributed by atoms with Gasteiger partial charge in [-0.3, -0.25) is 0 Å². The van der Waals surface area contributed by atoms with E-state index in [9.17, 15) is 4.79 Å². The predicted molar refractivity (Wildman–Crippen MR) is 68.9 cm³/mol. The molecule has 0 aliphatic heterocycles. The van der Waals surface area contributed by atoms with Crippen LogP contribution in [0.2, 0.25) is 0 Å². The van der Waals surface area contributed by atoms with Gasteiger partial charge in [0.1, 0.15) is 5.60 Å². The summed E-state index contributed by atoms with van der Waals surface area (Å²) in [6, 6.07) is 0. The first-order chi connectivity index (χ1) is 7.66. The summed E-state index contributed by atoms with van der Waals surface area (Å²) in [6.45, 7) is 9.46. The molecule has 0 unspecified atom stereocenters. The summed E-state index contributed by atoms with van der Waals surface area (Å²) in [6.07, 6.45) is 4.81. The zero-order valence-corrected chi connectivity index (χ0v) is 11.5. The maximum atomic E-state index is 11.6. The molecule has 0 saturated carbocycles. The van der Waals surface area contributed by atoms with Gasteiger partial charge in [0.25, 0.3) is 0 Å². The summed E-state index contributed by atoms with van der Waals surface area (Å²) in [5.74, 6) is 0. The van der Waals surface area contributed by atoms with Crippen molar-refractivity contribution >= 4 is 6.09 Å². The number of alkyl carbamates (subject to hydrolysis) is 1. The minimum atomic E-state index is -0.475. The van der Waals surface area contributed by atoms with Gasteiger partial charge in [-0.25, -0.2) is 4.79 Å². The molecule has 0 radical (unpaired) electrons. The molecular formula is C13H25NO3. The average molecular weight is 243 g/mol. The van der Waals surface area contributed by atoms with E-state index in [1.54, 1.807) is 6.08 Å². The molecule has 0 rings (SSSR count). The lowest BCUT2D eigenvalue weighted by atomic mass is 9.98. The third kappa shape index (κ3) is 9.87. The van der Waals surface area contributed by atoms with Crippen LogP contribution in [0.25, 0.3) is 0 Å². The van der Waals surface area contributed by atoms with E-state index in [1.807, 2.05) is 40.7 Å². The molecule has 0 aromatic heterocycles. The summed E-state index contributed by atoms with van der Waals surface area (Å²) in [5.41, 5.74) is -0.793. The monoisotopic (exact) mass is 243 g/mol. The van der Waals surface area contributed by atoms with Crippen molar-refractivity contribution in [2.75, 3.05) is 6.61 Å². The van der Waals surface area contributed by atoms with Crippen molar-refractivity contribution in [3.05, 3.63) is 12.2 Å². The number of carbonyl (C=O) groups excluding carboxylic acids is 1. The Kier molecular flexibility index (Phi) is 6.24. The second-order valence-corrected chi connectivity index (χ2v) is 5.70. The SMILES string of the molecule is CC(C)(CC/C=C/CO)NC(=O)OC(C)(C)C. The molecule has 0 aliphatic rings. The molecule has 100 valence electrons. The number of ether oxygens (including phenoxy) is 1. The van der Waals surface area contributed by atoms with Crippen LogP contribution in [0, 0.1) is 0 Å². The molecule has 0 aromatic rings. The topological polar surface area (TPSA) is 58.6 Å². The fourth-order valence-corrected chi connectivity index (χ4v) is 1.28. The van der Waals surface area contributed by atoms with Crippen LogP contribution in [0.1, 0.15) is 47.5 Å². The minimum Gasteiger partial charge on any atom is -0.444 e. The Bertz CT molecular complexity index is 264. The van der Waals surface area contributed by atoms with Crippen molar-refractivity contribution in [1.82, 2.24) is 5.32 Å². The molecule has 17 heavy (non-hydrogen) atoms. The van der Waals surface area contributed by atoms with Gasteiger partial charge in [-0.1, -0.05) is 12.2 Å². The number of rotatable bonds is 5. The Morgan fingerprint density at radius 3 is 2.29 bits per heavy atom. The maximum absolute atomic E-state index is 11.6. The fourth-order valence-electron chi connectivity index (χ4n) is 1.28. The zero-order valence-electron chi connectivity index (χ0n) is 11.5. The van der Waals surface area contributed by atoms with Crippen molar-refractivity contribution in [2.24, 2.45) is 0 Å². The summed E-state index contributed by atoms with van der Waals surface area (Å²) >= 11 is 0. The quantitative estimate of drug-likeness (QED) is 0.730. The van der Waals surface area contributed by atoms with Gasteiger partial charge < -0.3 is 15.2 Å². The maximum Gasteiger partial charge on any atom is 0.408 e. The second-order valence-electron chi connectivity index (χ2n) is 5.70. The van der Waals surface area contributed by atoms with Crippen LogP contribution >= 0.6 is 0 Å². The number of nitrogens with one attached hydrogen (secondary N) is 1. The largest absolute Gasteiger partial charge is 0.444 e. The van der Waals surface area contributed by atoms with Crippen molar-refractivity contribution in [3.8, 4) is 0 Å². The van der Waals surface area contributed by atoms with Crippen molar-refractivity contribution in [3.63, 3.8) is 0 Å². The molecule has 0 heterocycles. The first-order valence-electron chi connectivity index (χ1n) is 5.93. The molecule has 4 nitrogen and oxygen atoms in total. The molecule has 4 heteroatoms. The van der Waals surface area contributed by atoms with Gasteiger partial charge in [0, 0.05) is 5.54 Å². The summed E-state index contributed by atoms with van der Waals surface area (Å²) in [4.78, 5) is 11.6. The van der Waals surface area contributed by atoms with Crippen LogP contribution < -0.4 is 5.32 Å². The molecule has 0 bridgehead atoms. The highest BCUT2D eigenvalue weighted by atomic mass is 16.6. The average Bonchev–Trinajstić information content (AvgIpc) is 2.08. The van der Waals surface area contributed by atoms with E-state index in [0.717, 1.165) is 12.8 Å². The van der Waals surface area contributed by atoms with Gasteiger partial charge >= 0.3 is 6.09 Å². The number of carbonyl (C=O) groups is 1. The molecule has 0 aliphatic carbocycles. The highest BCUT2D eigenvalue weighted by Gasteiger charge is 2.23. The van der Waals surface area contributed by atoms with Gasteiger partial charge in [-0.15, -0.1) is 0 Å². The van der Waals surface area contributed by atoms with Crippen LogP contribution in [-0.4, -0.2) is 28.9 Å². The zero-order chi connectivity index (χ0) is 13.5. The van der Waals surface area contributed by atoms with Gasteiger partial charge in [-0.05, 0) is 47.5 Å². The number of aliphatic hydroxyl groups is 1. The fraction of sp³-hybridized carbons (Fsp3) is 0.769. The Morgan fingerprint density at radius 2 is 1.82 bits per heavy atom. The third-order valence-corrected chi connectivity index (χ3v) is 2.05. The Hall–Kier alpha value is -1.03. The lowest BCUT2D eigenvalue weighted by Crippen LogP contribution is -2.45. The van der Waals surface area contributed by atoms with E-state index >= 15 is 0 Å². The molecule has 2 N–H and O–H groups in total. The minimum absolute atomic E-state index is 0.0555. The summed E-state index contributed by atoms with van der Waals surface area (Å²) in [5, 5.41) is 11.4. The lowest BCUT2D eigenvalue weighted by molar-refractivity contribution is 0.0468. The molecule has 0 saturated heterocycles. The highest BCUT2D eigenvalue weighted by Crippen LogP contribution is 2.14. The molecule has 0 fully saturated rings. The normalized spacial score (nSPS) is 12.8. The molecule has 1 amide bonds. The third-order valence-electron chi connectivity index (χ3n) is 2.05. The summed E-state index contributed by atoms with van der Waals surface area (Å²) in [7, 11) is 0. The van der Waals surface area contributed by atoms with Crippen molar-refractivity contribution in [1.29, 1.82) is 0 Å². The van der Waals surface area contributed by atoms with Crippen molar-refractivity contribution < 1.29 is 14.6 Å².